The van der Waals surface area contributed by atoms with Gasteiger partial charge >= 0.3 is 0 Å². The SMILES string of the molecule is CCc1ccccc1NC(=O)C[NH2+][C@H](c1ccccc1)c1cccs1. The summed E-state index contributed by atoms with van der Waals surface area (Å²) in [6.07, 6.45) is 0.905. The number of para-hydroxylation sites is 1. The number of nitrogens with two attached hydrogens (primary N) is 1. The van der Waals surface area contributed by atoms with Gasteiger partial charge in [0.05, 0.1) is 4.88 Å². The quantitative estimate of drug-likeness (QED) is 0.671. The van der Waals surface area contributed by atoms with Crippen LogP contribution in [0.5, 0.6) is 0 Å². The predicted molar refractivity (Wildman–Crippen MR) is 104 cm³/mol. The van der Waals surface area contributed by atoms with Gasteiger partial charge in [0.25, 0.3) is 5.91 Å². The van der Waals surface area contributed by atoms with Crippen LogP contribution in [0.15, 0.2) is 72.1 Å². The highest BCUT2D eigenvalue weighted by atomic mass is 32.1. The number of amides is 1. The van der Waals surface area contributed by atoms with Crippen LogP contribution >= 0.6 is 11.3 Å². The second-order valence-electron chi connectivity index (χ2n) is 5.90. The first-order valence-electron chi connectivity index (χ1n) is 8.57. The Morgan fingerprint density at radius 2 is 1.80 bits per heavy atom. The monoisotopic (exact) mass is 351 g/mol. The van der Waals surface area contributed by atoms with E-state index in [-0.39, 0.29) is 11.9 Å². The Labute approximate surface area is 152 Å². The molecule has 4 heteroatoms. The van der Waals surface area contributed by atoms with Gasteiger partial charge in [0.2, 0.25) is 0 Å². The maximum atomic E-state index is 12.4. The first-order chi connectivity index (χ1) is 12.3. The van der Waals surface area contributed by atoms with E-state index in [1.165, 1.54) is 10.4 Å². The van der Waals surface area contributed by atoms with Crippen molar-refractivity contribution < 1.29 is 10.1 Å². The Balaban J connectivity index is 1.68. The standard InChI is InChI=1S/C21H22N2OS/c1-2-16-9-6-7-12-18(16)23-20(24)15-22-21(19-13-8-14-25-19)17-10-4-3-5-11-17/h3-14,21-22H,2,15H2,1H3,(H,23,24)/p+1/t21-/m1/s1. The summed E-state index contributed by atoms with van der Waals surface area (Å²) in [6, 6.07) is 22.6. The predicted octanol–water partition coefficient (Wildman–Crippen LogP) is 3.60. The average molecular weight is 351 g/mol. The van der Waals surface area contributed by atoms with Crippen molar-refractivity contribution in [1.29, 1.82) is 0 Å². The summed E-state index contributed by atoms with van der Waals surface area (Å²) in [4.78, 5) is 13.7. The van der Waals surface area contributed by atoms with Crippen molar-refractivity contribution in [3.05, 3.63) is 88.1 Å². The molecule has 1 atom stereocenters. The highest BCUT2D eigenvalue weighted by molar-refractivity contribution is 7.10. The van der Waals surface area contributed by atoms with Crippen LogP contribution < -0.4 is 10.6 Å². The van der Waals surface area contributed by atoms with E-state index in [0.29, 0.717) is 6.54 Å². The summed E-state index contributed by atoms with van der Waals surface area (Å²) in [5.41, 5.74) is 3.29. The molecule has 2 aromatic carbocycles. The Kier molecular flexibility index (Phi) is 5.99. The van der Waals surface area contributed by atoms with Crippen molar-refractivity contribution in [2.75, 3.05) is 11.9 Å². The number of hydrogen-bond acceptors (Lipinski definition) is 2. The minimum atomic E-state index is 0.0263. The second-order valence-corrected chi connectivity index (χ2v) is 6.88. The normalized spacial score (nSPS) is 11.9. The summed E-state index contributed by atoms with van der Waals surface area (Å²) in [5.74, 6) is 0.0263. The molecule has 0 aliphatic carbocycles. The van der Waals surface area contributed by atoms with Gasteiger partial charge in [-0.15, -0.1) is 11.3 Å². The Hall–Kier alpha value is -2.43. The maximum absolute atomic E-state index is 12.4. The number of rotatable bonds is 7. The van der Waals surface area contributed by atoms with Gasteiger partial charge in [0.15, 0.2) is 6.54 Å². The molecule has 1 heterocycles. The number of carbonyl (C=O) groups excluding carboxylic acids is 1. The number of benzene rings is 2. The zero-order valence-electron chi connectivity index (χ0n) is 14.3. The van der Waals surface area contributed by atoms with Gasteiger partial charge in [-0.2, -0.15) is 0 Å². The van der Waals surface area contributed by atoms with E-state index in [0.717, 1.165) is 17.7 Å². The molecule has 0 aliphatic rings. The van der Waals surface area contributed by atoms with E-state index in [9.17, 15) is 4.79 Å². The smallest absolute Gasteiger partial charge is 0.279 e. The molecule has 3 rings (SSSR count). The summed E-state index contributed by atoms with van der Waals surface area (Å²) < 4.78 is 0. The lowest BCUT2D eigenvalue weighted by atomic mass is 10.1. The molecule has 0 saturated carbocycles. The molecule has 0 spiro atoms. The molecule has 3 N–H and O–H groups in total. The highest BCUT2D eigenvalue weighted by Crippen LogP contribution is 2.22. The van der Waals surface area contributed by atoms with Crippen LogP contribution in [0.2, 0.25) is 0 Å². The molecular weight excluding hydrogens is 328 g/mol. The Morgan fingerprint density at radius 1 is 1.04 bits per heavy atom. The molecule has 0 radical (unpaired) electrons. The molecule has 25 heavy (non-hydrogen) atoms. The first kappa shape index (κ1) is 17.4. The minimum absolute atomic E-state index is 0.0263. The van der Waals surface area contributed by atoms with Crippen LogP contribution in [0.4, 0.5) is 5.69 Å². The lowest BCUT2D eigenvalue weighted by Crippen LogP contribution is -2.87. The second kappa shape index (κ2) is 8.60. The van der Waals surface area contributed by atoms with Crippen molar-refractivity contribution in [3.63, 3.8) is 0 Å². The lowest BCUT2D eigenvalue weighted by Gasteiger charge is -2.15. The van der Waals surface area contributed by atoms with Crippen molar-refractivity contribution in [2.45, 2.75) is 19.4 Å². The van der Waals surface area contributed by atoms with Gasteiger partial charge < -0.3 is 10.6 Å². The van der Waals surface area contributed by atoms with Crippen molar-refractivity contribution in [2.24, 2.45) is 0 Å². The fourth-order valence-corrected chi connectivity index (χ4v) is 3.77. The lowest BCUT2D eigenvalue weighted by molar-refractivity contribution is -0.675. The van der Waals surface area contributed by atoms with E-state index in [2.05, 4.69) is 53.3 Å². The van der Waals surface area contributed by atoms with Crippen LogP contribution in [0.25, 0.3) is 0 Å². The fourth-order valence-electron chi connectivity index (χ4n) is 2.92. The van der Waals surface area contributed by atoms with Gasteiger partial charge in [-0.05, 0) is 29.5 Å². The van der Waals surface area contributed by atoms with E-state index in [1.807, 2.05) is 36.4 Å². The molecule has 0 unspecified atom stereocenters. The number of quaternary nitrogens is 1. The number of carbonyl (C=O) groups is 1. The van der Waals surface area contributed by atoms with Crippen LogP contribution in [-0.2, 0) is 11.2 Å². The maximum Gasteiger partial charge on any atom is 0.279 e. The molecule has 3 aromatic rings. The molecular formula is C21H23N2OS+. The first-order valence-corrected chi connectivity index (χ1v) is 9.45. The number of hydrogen-bond donors (Lipinski definition) is 2. The molecule has 0 fully saturated rings. The molecule has 0 aliphatic heterocycles. The van der Waals surface area contributed by atoms with Crippen molar-refractivity contribution in [1.82, 2.24) is 0 Å². The van der Waals surface area contributed by atoms with Crippen LogP contribution in [0.1, 0.15) is 29.0 Å². The van der Waals surface area contributed by atoms with Gasteiger partial charge in [0, 0.05) is 11.3 Å². The largest absolute Gasteiger partial charge is 0.328 e. The summed E-state index contributed by atoms with van der Waals surface area (Å²) in [6.45, 7) is 2.48. The molecule has 0 saturated heterocycles. The van der Waals surface area contributed by atoms with E-state index < -0.39 is 0 Å². The number of nitrogens with one attached hydrogen (secondary N) is 1. The Morgan fingerprint density at radius 3 is 2.52 bits per heavy atom. The highest BCUT2D eigenvalue weighted by Gasteiger charge is 2.20. The third-order valence-electron chi connectivity index (χ3n) is 4.22. The molecule has 1 amide bonds. The van der Waals surface area contributed by atoms with Crippen LogP contribution in [-0.4, -0.2) is 12.5 Å². The van der Waals surface area contributed by atoms with E-state index >= 15 is 0 Å². The fraction of sp³-hybridized carbons (Fsp3) is 0.190. The Bertz CT molecular complexity index is 800. The van der Waals surface area contributed by atoms with E-state index in [1.54, 1.807) is 11.3 Å². The molecule has 128 valence electrons. The summed E-state index contributed by atoms with van der Waals surface area (Å²) in [7, 11) is 0. The zero-order valence-corrected chi connectivity index (χ0v) is 15.1. The van der Waals surface area contributed by atoms with E-state index in [4.69, 9.17) is 0 Å². The third kappa shape index (κ3) is 4.56. The number of thiophene rings is 1. The van der Waals surface area contributed by atoms with Gasteiger partial charge in [-0.3, -0.25) is 4.79 Å². The van der Waals surface area contributed by atoms with Crippen molar-refractivity contribution >= 4 is 22.9 Å². The topological polar surface area (TPSA) is 45.7 Å². The zero-order chi connectivity index (χ0) is 17.5. The molecule has 3 nitrogen and oxygen atoms in total. The summed E-state index contributed by atoms with van der Waals surface area (Å²) >= 11 is 1.72. The summed E-state index contributed by atoms with van der Waals surface area (Å²) in [5, 5.41) is 7.23. The van der Waals surface area contributed by atoms with Gasteiger partial charge in [-0.25, -0.2) is 0 Å². The van der Waals surface area contributed by atoms with Crippen LogP contribution in [0, 0.1) is 0 Å². The van der Waals surface area contributed by atoms with Crippen LogP contribution in [0.3, 0.4) is 0 Å². The van der Waals surface area contributed by atoms with Gasteiger partial charge in [-0.1, -0.05) is 61.5 Å². The third-order valence-corrected chi connectivity index (χ3v) is 5.18. The minimum Gasteiger partial charge on any atom is -0.328 e. The molecule has 1 aromatic heterocycles. The van der Waals surface area contributed by atoms with Crippen molar-refractivity contribution in [3.8, 4) is 0 Å². The number of aryl methyl sites for hydroxylation is 1. The average Bonchev–Trinajstić information content (AvgIpc) is 3.18. The number of anilines is 1. The molecule has 0 bridgehead atoms. The van der Waals surface area contributed by atoms with Gasteiger partial charge in [0.1, 0.15) is 6.04 Å².